The van der Waals surface area contributed by atoms with Gasteiger partial charge in [0.25, 0.3) is 0 Å². The second kappa shape index (κ2) is 7.25. The summed E-state index contributed by atoms with van der Waals surface area (Å²) in [6, 6.07) is 18.1. The highest BCUT2D eigenvalue weighted by atomic mass is 16.5. The molecule has 0 atom stereocenters. The summed E-state index contributed by atoms with van der Waals surface area (Å²) in [6.45, 7) is 5.36. The Kier molecular flexibility index (Phi) is 5.37. The van der Waals surface area contributed by atoms with Crippen molar-refractivity contribution in [3.63, 3.8) is 0 Å². The number of nitrogens with one attached hydrogen (secondary N) is 1. The van der Waals surface area contributed by atoms with Crippen molar-refractivity contribution in [2.24, 2.45) is 0 Å². The van der Waals surface area contributed by atoms with Gasteiger partial charge in [-0.1, -0.05) is 48.5 Å². The van der Waals surface area contributed by atoms with E-state index in [1.54, 1.807) is 13.8 Å². The summed E-state index contributed by atoms with van der Waals surface area (Å²) < 4.78 is 5.90. The molecule has 0 aromatic heterocycles. The Morgan fingerprint density at radius 1 is 1.00 bits per heavy atom. The van der Waals surface area contributed by atoms with Gasteiger partial charge in [-0.05, 0) is 25.5 Å². The van der Waals surface area contributed by atoms with E-state index in [0.717, 1.165) is 16.9 Å². The summed E-state index contributed by atoms with van der Waals surface area (Å²) in [5.74, 6) is 0.879. The summed E-state index contributed by atoms with van der Waals surface area (Å²) in [7, 11) is 0. The van der Waals surface area contributed by atoms with Crippen LogP contribution in [0.15, 0.2) is 54.6 Å². The van der Waals surface area contributed by atoms with Gasteiger partial charge in [-0.3, -0.25) is 0 Å². The number of rotatable bonds is 7. The van der Waals surface area contributed by atoms with E-state index in [1.807, 2.05) is 42.5 Å². The van der Waals surface area contributed by atoms with E-state index in [-0.39, 0.29) is 0 Å². The molecule has 3 nitrogen and oxygen atoms in total. The third-order valence-corrected chi connectivity index (χ3v) is 3.08. The van der Waals surface area contributed by atoms with Crippen molar-refractivity contribution in [3.05, 3.63) is 65.7 Å². The van der Waals surface area contributed by atoms with Crippen LogP contribution < -0.4 is 10.1 Å². The Hall–Kier alpha value is -1.84. The average molecular weight is 285 g/mol. The Labute approximate surface area is 126 Å². The second-order valence-electron chi connectivity index (χ2n) is 5.80. The van der Waals surface area contributed by atoms with Gasteiger partial charge >= 0.3 is 0 Å². The monoisotopic (exact) mass is 285 g/mol. The lowest BCUT2D eigenvalue weighted by Gasteiger charge is -2.18. The van der Waals surface area contributed by atoms with Gasteiger partial charge in [-0.15, -0.1) is 0 Å². The molecule has 21 heavy (non-hydrogen) atoms. The van der Waals surface area contributed by atoms with Gasteiger partial charge in [0, 0.05) is 18.7 Å². The maximum atomic E-state index is 9.72. The highest BCUT2D eigenvalue weighted by Gasteiger charge is 2.12. The number of aliphatic hydroxyl groups is 1. The van der Waals surface area contributed by atoms with E-state index in [1.165, 1.54) is 0 Å². The first-order chi connectivity index (χ1) is 10.0. The number of ether oxygens (including phenoxy) is 1. The molecule has 0 fully saturated rings. The van der Waals surface area contributed by atoms with Gasteiger partial charge in [0.1, 0.15) is 12.4 Å². The smallest absolute Gasteiger partial charge is 0.124 e. The predicted octanol–water partition coefficient (Wildman–Crippen LogP) is 3.13. The number of para-hydroxylation sites is 1. The first kappa shape index (κ1) is 15.5. The molecule has 2 N–H and O–H groups in total. The zero-order valence-corrected chi connectivity index (χ0v) is 12.7. The summed E-state index contributed by atoms with van der Waals surface area (Å²) in [4.78, 5) is 0. The van der Waals surface area contributed by atoms with Crippen LogP contribution in [0.3, 0.4) is 0 Å². The SMILES string of the molecule is CC(C)(O)CNCc1ccccc1OCc1ccccc1. The second-order valence-corrected chi connectivity index (χ2v) is 5.80. The van der Waals surface area contributed by atoms with Gasteiger partial charge in [0.05, 0.1) is 5.60 Å². The normalized spacial score (nSPS) is 11.4. The molecule has 0 unspecified atom stereocenters. The zero-order chi connectivity index (χ0) is 15.1. The molecule has 0 aliphatic carbocycles. The molecule has 2 aromatic carbocycles. The first-order valence-corrected chi connectivity index (χ1v) is 7.22. The summed E-state index contributed by atoms with van der Waals surface area (Å²) in [5.41, 5.74) is 1.54. The minimum absolute atomic E-state index is 0.542. The maximum absolute atomic E-state index is 9.72. The van der Waals surface area contributed by atoms with Crippen molar-refractivity contribution in [2.45, 2.75) is 32.6 Å². The van der Waals surface area contributed by atoms with Crippen LogP contribution in [-0.2, 0) is 13.2 Å². The average Bonchev–Trinajstić information content (AvgIpc) is 2.46. The van der Waals surface area contributed by atoms with Crippen molar-refractivity contribution in [1.29, 1.82) is 0 Å². The van der Waals surface area contributed by atoms with Crippen LogP contribution in [-0.4, -0.2) is 17.3 Å². The van der Waals surface area contributed by atoms with E-state index in [0.29, 0.717) is 19.7 Å². The number of hydrogen-bond acceptors (Lipinski definition) is 3. The number of benzene rings is 2. The van der Waals surface area contributed by atoms with Crippen molar-refractivity contribution >= 4 is 0 Å². The van der Waals surface area contributed by atoms with Crippen molar-refractivity contribution in [2.75, 3.05) is 6.54 Å². The van der Waals surface area contributed by atoms with Gasteiger partial charge in [-0.25, -0.2) is 0 Å². The Balaban J connectivity index is 1.93. The molecule has 0 amide bonds. The number of hydrogen-bond donors (Lipinski definition) is 2. The van der Waals surface area contributed by atoms with Crippen LogP contribution in [0.4, 0.5) is 0 Å². The largest absolute Gasteiger partial charge is 0.489 e. The summed E-state index contributed by atoms with van der Waals surface area (Å²) >= 11 is 0. The Bertz CT molecular complexity index is 547. The molecule has 0 spiro atoms. The third kappa shape index (κ3) is 5.58. The first-order valence-electron chi connectivity index (χ1n) is 7.22. The van der Waals surface area contributed by atoms with Crippen LogP contribution in [0.1, 0.15) is 25.0 Å². The third-order valence-electron chi connectivity index (χ3n) is 3.08. The van der Waals surface area contributed by atoms with Crippen molar-refractivity contribution in [3.8, 4) is 5.75 Å². The quantitative estimate of drug-likeness (QED) is 0.821. The van der Waals surface area contributed by atoms with Crippen LogP contribution in [0.2, 0.25) is 0 Å². The molecule has 2 aromatic rings. The molecule has 0 heterocycles. The lowest BCUT2D eigenvalue weighted by molar-refractivity contribution is 0.0794. The van der Waals surface area contributed by atoms with Crippen LogP contribution >= 0.6 is 0 Å². The highest BCUT2D eigenvalue weighted by Crippen LogP contribution is 2.19. The lowest BCUT2D eigenvalue weighted by atomic mass is 10.1. The molecule has 0 radical (unpaired) electrons. The van der Waals surface area contributed by atoms with Crippen LogP contribution in [0.25, 0.3) is 0 Å². The molecule has 0 aliphatic heterocycles. The van der Waals surface area contributed by atoms with Crippen molar-refractivity contribution in [1.82, 2.24) is 5.32 Å². The lowest BCUT2D eigenvalue weighted by Crippen LogP contribution is -2.34. The fourth-order valence-electron chi connectivity index (χ4n) is 2.03. The summed E-state index contributed by atoms with van der Waals surface area (Å²) in [6.07, 6.45) is 0. The van der Waals surface area contributed by atoms with Gasteiger partial charge in [-0.2, -0.15) is 0 Å². The standard InChI is InChI=1S/C18H23NO2/c1-18(2,20)14-19-12-16-10-6-7-11-17(16)21-13-15-8-4-3-5-9-15/h3-11,19-20H,12-14H2,1-2H3. The zero-order valence-electron chi connectivity index (χ0n) is 12.7. The highest BCUT2D eigenvalue weighted by molar-refractivity contribution is 5.33. The fraction of sp³-hybridized carbons (Fsp3) is 0.333. The molecule has 112 valence electrons. The van der Waals surface area contributed by atoms with Gasteiger partial charge < -0.3 is 15.2 Å². The molecule has 0 bridgehead atoms. The van der Waals surface area contributed by atoms with Crippen LogP contribution in [0, 0.1) is 0 Å². The summed E-state index contributed by atoms with van der Waals surface area (Å²) in [5, 5.41) is 13.0. The van der Waals surface area contributed by atoms with E-state index in [4.69, 9.17) is 4.74 Å². The van der Waals surface area contributed by atoms with Gasteiger partial charge in [0.2, 0.25) is 0 Å². The van der Waals surface area contributed by atoms with Crippen LogP contribution in [0.5, 0.6) is 5.75 Å². The molecular formula is C18H23NO2. The van der Waals surface area contributed by atoms with E-state index < -0.39 is 5.60 Å². The molecule has 0 aliphatic rings. The maximum Gasteiger partial charge on any atom is 0.124 e. The Morgan fingerprint density at radius 3 is 2.38 bits per heavy atom. The topological polar surface area (TPSA) is 41.5 Å². The minimum Gasteiger partial charge on any atom is -0.489 e. The molecule has 0 saturated carbocycles. The Morgan fingerprint density at radius 2 is 1.67 bits per heavy atom. The predicted molar refractivity (Wildman–Crippen MR) is 85.2 cm³/mol. The van der Waals surface area contributed by atoms with Gasteiger partial charge in [0.15, 0.2) is 0 Å². The molecule has 3 heteroatoms. The fourth-order valence-corrected chi connectivity index (χ4v) is 2.03. The van der Waals surface area contributed by atoms with Crippen molar-refractivity contribution < 1.29 is 9.84 Å². The van der Waals surface area contributed by atoms with E-state index >= 15 is 0 Å². The molecule has 0 saturated heterocycles. The molecular weight excluding hydrogens is 262 g/mol. The minimum atomic E-state index is -0.708. The van der Waals surface area contributed by atoms with E-state index in [2.05, 4.69) is 17.4 Å². The molecule has 2 rings (SSSR count). The van der Waals surface area contributed by atoms with E-state index in [9.17, 15) is 5.11 Å².